The maximum Gasteiger partial charge on any atom is 0.460 e. The van der Waals surface area contributed by atoms with Crippen molar-refractivity contribution < 1.29 is 31.8 Å². The normalized spacial score (nSPS) is 16.8. The van der Waals surface area contributed by atoms with E-state index in [0.29, 0.717) is 14.2 Å². The van der Waals surface area contributed by atoms with E-state index >= 15 is 0 Å². The minimum atomic E-state index is -5.44. The second-order valence-corrected chi connectivity index (χ2v) is 1.79. The highest BCUT2D eigenvalue weighted by molar-refractivity contribution is 5.78. The lowest BCUT2D eigenvalue weighted by Crippen LogP contribution is -2.50. The fourth-order valence-electron chi connectivity index (χ4n) is 0.446. The van der Waals surface area contributed by atoms with Crippen LogP contribution in [0.4, 0.5) is 17.6 Å². The molecule has 0 aromatic rings. The lowest BCUT2D eigenvalue weighted by Gasteiger charge is -2.22. The van der Waals surface area contributed by atoms with E-state index in [0.717, 1.165) is 0 Å². The Morgan fingerprint density at radius 2 is 1.58 bits per heavy atom. The van der Waals surface area contributed by atoms with Gasteiger partial charge in [0.25, 0.3) is 0 Å². The Morgan fingerprint density at radius 1 is 1.17 bits per heavy atom. The molecule has 0 N–H and O–H groups in total. The number of carbonyl (C=O) groups is 1. The topological polar surface area (TPSA) is 35.5 Å². The van der Waals surface area contributed by atoms with Gasteiger partial charge in [0.1, 0.15) is 0 Å². The molecule has 0 heterocycles. The van der Waals surface area contributed by atoms with Crippen LogP contribution in [0.15, 0.2) is 0 Å². The first-order chi connectivity index (χ1) is 5.29. The van der Waals surface area contributed by atoms with Crippen LogP contribution in [-0.2, 0) is 14.3 Å². The van der Waals surface area contributed by atoms with Crippen LogP contribution in [0.25, 0.3) is 0 Å². The number of esters is 1. The Kier molecular flexibility index (Phi) is 3.03. The molecule has 0 saturated carbocycles. The smallest absolute Gasteiger partial charge is 0.460 e. The van der Waals surface area contributed by atoms with Gasteiger partial charge >= 0.3 is 18.0 Å². The number of ether oxygens (including phenoxy) is 2. The minimum absolute atomic E-state index is 0.421. The molecular weight excluding hydrogens is 184 g/mol. The number of hydrogen-bond acceptors (Lipinski definition) is 3. The molecule has 12 heavy (non-hydrogen) atoms. The van der Waals surface area contributed by atoms with Crippen molar-refractivity contribution >= 4 is 5.97 Å². The fraction of sp³-hybridized carbons (Fsp3) is 0.800. The van der Waals surface area contributed by atoms with Gasteiger partial charge < -0.3 is 9.47 Å². The molecule has 0 unspecified atom stereocenters. The summed E-state index contributed by atoms with van der Waals surface area (Å²) in [6, 6.07) is 0. The van der Waals surface area contributed by atoms with Gasteiger partial charge in [-0.3, -0.25) is 0 Å². The average molecular weight is 190 g/mol. The Hall–Kier alpha value is -0.850. The molecule has 3 nitrogen and oxygen atoms in total. The minimum Gasteiger partial charge on any atom is -0.465 e. The first-order valence-corrected chi connectivity index (χ1v) is 2.68. The van der Waals surface area contributed by atoms with Gasteiger partial charge in [-0.1, -0.05) is 0 Å². The summed E-state index contributed by atoms with van der Waals surface area (Å²) in [4.78, 5) is 10.3. The van der Waals surface area contributed by atoms with Gasteiger partial charge in [0, 0.05) is 7.11 Å². The molecule has 0 bridgehead atoms. The summed E-state index contributed by atoms with van der Waals surface area (Å²) < 4.78 is 54.8. The van der Waals surface area contributed by atoms with E-state index in [9.17, 15) is 22.4 Å². The standard InChI is InChI=1S/C5H6F4O3/c1-11-3(10)4(6,12-2)5(7,8)9/h1-2H3/t4-/m0/s1. The van der Waals surface area contributed by atoms with Gasteiger partial charge in [-0.15, -0.1) is 0 Å². The van der Waals surface area contributed by atoms with Crippen LogP contribution in [0.3, 0.4) is 0 Å². The summed E-state index contributed by atoms with van der Waals surface area (Å²) in [5.74, 6) is -6.50. The molecule has 0 aliphatic carbocycles. The molecule has 0 amide bonds. The van der Waals surface area contributed by atoms with Crippen LogP contribution >= 0.6 is 0 Å². The molecule has 0 aromatic heterocycles. The van der Waals surface area contributed by atoms with Crippen LogP contribution in [0.1, 0.15) is 0 Å². The third kappa shape index (κ3) is 1.66. The molecule has 0 saturated heterocycles. The van der Waals surface area contributed by atoms with Gasteiger partial charge in [0.05, 0.1) is 7.11 Å². The van der Waals surface area contributed by atoms with Crippen molar-refractivity contribution in [2.75, 3.05) is 14.2 Å². The molecule has 0 aliphatic rings. The number of rotatable bonds is 2. The van der Waals surface area contributed by atoms with Crippen LogP contribution in [-0.4, -0.2) is 32.2 Å². The first kappa shape index (κ1) is 11.2. The number of carbonyl (C=O) groups excluding carboxylic acids is 1. The van der Waals surface area contributed by atoms with E-state index in [-0.39, 0.29) is 0 Å². The van der Waals surface area contributed by atoms with Crippen molar-refractivity contribution in [1.82, 2.24) is 0 Å². The molecule has 7 heteroatoms. The van der Waals surface area contributed by atoms with Gasteiger partial charge in [0.2, 0.25) is 0 Å². The average Bonchev–Trinajstić information content (AvgIpc) is 1.99. The summed E-state index contributed by atoms with van der Waals surface area (Å²) >= 11 is 0. The Morgan fingerprint density at radius 3 is 1.67 bits per heavy atom. The van der Waals surface area contributed by atoms with E-state index in [1.807, 2.05) is 0 Å². The van der Waals surface area contributed by atoms with Crippen LogP contribution in [0, 0.1) is 0 Å². The van der Waals surface area contributed by atoms with E-state index in [2.05, 4.69) is 9.47 Å². The van der Waals surface area contributed by atoms with Gasteiger partial charge in [-0.2, -0.15) is 17.6 Å². The van der Waals surface area contributed by atoms with Gasteiger partial charge in [0.15, 0.2) is 0 Å². The zero-order valence-electron chi connectivity index (χ0n) is 6.24. The molecule has 0 fully saturated rings. The monoisotopic (exact) mass is 190 g/mol. The Bertz CT molecular complexity index is 178. The van der Waals surface area contributed by atoms with Crippen LogP contribution in [0.2, 0.25) is 0 Å². The third-order valence-electron chi connectivity index (χ3n) is 1.09. The number of alkyl halides is 4. The molecule has 0 rings (SSSR count). The number of halogens is 4. The van der Waals surface area contributed by atoms with Crippen molar-refractivity contribution in [2.45, 2.75) is 12.0 Å². The predicted molar refractivity (Wildman–Crippen MR) is 28.9 cm³/mol. The molecule has 1 atom stereocenters. The first-order valence-electron chi connectivity index (χ1n) is 2.68. The molecule has 0 aromatic carbocycles. The molecule has 0 radical (unpaired) electrons. The summed E-state index contributed by atoms with van der Waals surface area (Å²) in [6.45, 7) is 0. The molecule has 72 valence electrons. The van der Waals surface area contributed by atoms with Gasteiger partial charge in [-0.25, -0.2) is 4.79 Å². The van der Waals surface area contributed by atoms with Crippen molar-refractivity contribution in [3.05, 3.63) is 0 Å². The van der Waals surface area contributed by atoms with Crippen molar-refractivity contribution in [3.8, 4) is 0 Å². The second kappa shape index (κ2) is 3.26. The lowest BCUT2D eigenvalue weighted by molar-refractivity contribution is -0.315. The van der Waals surface area contributed by atoms with Crippen LogP contribution in [0.5, 0.6) is 0 Å². The van der Waals surface area contributed by atoms with E-state index < -0.39 is 18.0 Å². The van der Waals surface area contributed by atoms with Crippen molar-refractivity contribution in [1.29, 1.82) is 0 Å². The largest absolute Gasteiger partial charge is 0.465 e. The highest BCUT2D eigenvalue weighted by atomic mass is 19.4. The Labute approximate surface area is 65.2 Å². The summed E-state index contributed by atoms with van der Waals surface area (Å²) in [5.41, 5.74) is 0. The lowest BCUT2D eigenvalue weighted by atomic mass is 10.3. The van der Waals surface area contributed by atoms with Crippen LogP contribution < -0.4 is 0 Å². The van der Waals surface area contributed by atoms with Gasteiger partial charge in [-0.05, 0) is 0 Å². The highest BCUT2D eigenvalue weighted by Crippen LogP contribution is 2.35. The summed E-state index contributed by atoms with van der Waals surface area (Å²) in [7, 11) is 1.05. The summed E-state index contributed by atoms with van der Waals surface area (Å²) in [5, 5.41) is 0. The highest BCUT2D eigenvalue weighted by Gasteiger charge is 2.64. The second-order valence-electron chi connectivity index (χ2n) is 1.79. The van der Waals surface area contributed by atoms with Crippen molar-refractivity contribution in [3.63, 3.8) is 0 Å². The third-order valence-corrected chi connectivity index (χ3v) is 1.09. The fourth-order valence-corrected chi connectivity index (χ4v) is 0.446. The molecular formula is C5H6F4O3. The zero-order chi connectivity index (χ0) is 9.99. The van der Waals surface area contributed by atoms with E-state index in [4.69, 9.17) is 0 Å². The summed E-state index contributed by atoms with van der Waals surface area (Å²) in [6.07, 6.45) is -5.44. The number of methoxy groups -OCH3 is 2. The zero-order valence-corrected chi connectivity index (χ0v) is 6.24. The molecule has 0 spiro atoms. The van der Waals surface area contributed by atoms with Crippen molar-refractivity contribution in [2.24, 2.45) is 0 Å². The predicted octanol–water partition coefficient (Wildman–Crippen LogP) is 1.03. The van der Waals surface area contributed by atoms with E-state index in [1.165, 1.54) is 0 Å². The molecule has 0 aliphatic heterocycles. The Balaban J connectivity index is 4.80. The number of hydrogen-bond donors (Lipinski definition) is 0. The maximum absolute atomic E-state index is 12.6. The van der Waals surface area contributed by atoms with E-state index in [1.54, 1.807) is 0 Å². The maximum atomic E-state index is 12.6. The quantitative estimate of drug-likeness (QED) is 0.482. The SMILES string of the molecule is COC(=O)[C@](F)(OC)C(F)(F)F.